The average molecular weight is 284 g/mol. The van der Waals surface area contributed by atoms with Crippen molar-refractivity contribution < 1.29 is 0 Å². The number of piperidine rings is 1. The highest BCUT2D eigenvalue weighted by molar-refractivity contribution is 9.09. The van der Waals surface area contributed by atoms with Crippen LogP contribution in [-0.2, 0) is 0 Å². The van der Waals surface area contributed by atoms with Crippen molar-refractivity contribution in [3.63, 3.8) is 0 Å². The van der Waals surface area contributed by atoms with E-state index in [-0.39, 0.29) is 0 Å². The van der Waals surface area contributed by atoms with Crippen LogP contribution in [0.5, 0.6) is 0 Å². The van der Waals surface area contributed by atoms with E-state index in [1.165, 1.54) is 6.42 Å². The second kappa shape index (κ2) is 4.70. The van der Waals surface area contributed by atoms with Crippen LogP contribution in [0.3, 0.4) is 0 Å². The third-order valence-corrected chi connectivity index (χ3v) is 4.41. The number of halogens is 1. The third-order valence-electron chi connectivity index (χ3n) is 3.22. The molecule has 4 heteroatoms. The lowest BCUT2D eigenvalue weighted by molar-refractivity contribution is 0.453. The van der Waals surface area contributed by atoms with Crippen LogP contribution in [0, 0.1) is 19.8 Å². The number of anilines is 1. The van der Waals surface area contributed by atoms with Gasteiger partial charge in [-0.3, -0.25) is 4.98 Å². The largest absolute Gasteiger partial charge is 0.354 e. The highest BCUT2D eigenvalue weighted by Gasteiger charge is 2.25. The van der Waals surface area contributed by atoms with Crippen molar-refractivity contribution in [2.75, 3.05) is 18.0 Å². The fourth-order valence-corrected chi connectivity index (χ4v) is 2.65. The number of alkyl halides is 1. The Hall–Kier alpha value is -0.640. The molecule has 16 heavy (non-hydrogen) atoms. The van der Waals surface area contributed by atoms with Gasteiger partial charge in [0.25, 0.3) is 0 Å². The maximum absolute atomic E-state index is 4.60. The van der Waals surface area contributed by atoms with Crippen LogP contribution in [0.2, 0.25) is 0 Å². The van der Waals surface area contributed by atoms with Gasteiger partial charge < -0.3 is 4.90 Å². The van der Waals surface area contributed by atoms with Gasteiger partial charge in [0, 0.05) is 24.1 Å². The minimum Gasteiger partial charge on any atom is -0.354 e. The van der Waals surface area contributed by atoms with Gasteiger partial charge in [0.1, 0.15) is 5.82 Å². The van der Waals surface area contributed by atoms with Crippen molar-refractivity contribution >= 4 is 21.7 Å². The topological polar surface area (TPSA) is 29.0 Å². The molecule has 2 unspecified atom stereocenters. The number of nitrogens with zero attached hydrogens (tertiary/aromatic N) is 3. The lowest BCUT2D eigenvalue weighted by Gasteiger charge is -2.35. The predicted octanol–water partition coefficient (Wildman–Crippen LogP) is 2.70. The summed E-state index contributed by atoms with van der Waals surface area (Å²) in [6.45, 7) is 8.44. The Kier molecular flexibility index (Phi) is 3.47. The standard InChI is InChI=1S/C12H18BrN3/c1-8-4-5-16(7-11(8)13)12-10(3)14-6-9(2)15-12/h6,8,11H,4-5,7H2,1-3H3. The summed E-state index contributed by atoms with van der Waals surface area (Å²) in [5, 5.41) is 0. The molecule has 1 fully saturated rings. The van der Waals surface area contributed by atoms with Gasteiger partial charge in [0.05, 0.1) is 11.4 Å². The summed E-state index contributed by atoms with van der Waals surface area (Å²) in [6, 6.07) is 0. The van der Waals surface area contributed by atoms with E-state index >= 15 is 0 Å². The maximum Gasteiger partial charge on any atom is 0.150 e. The molecule has 2 rings (SSSR count). The number of aryl methyl sites for hydroxylation is 2. The maximum atomic E-state index is 4.60. The molecule has 0 saturated carbocycles. The first kappa shape index (κ1) is 11.8. The van der Waals surface area contributed by atoms with Crippen molar-refractivity contribution in [3.8, 4) is 0 Å². The monoisotopic (exact) mass is 283 g/mol. The summed E-state index contributed by atoms with van der Waals surface area (Å²) >= 11 is 3.74. The van der Waals surface area contributed by atoms with Crippen molar-refractivity contribution in [2.24, 2.45) is 5.92 Å². The Balaban J connectivity index is 2.21. The normalized spacial score (nSPS) is 25.9. The quantitative estimate of drug-likeness (QED) is 0.742. The average Bonchev–Trinajstić information content (AvgIpc) is 2.26. The summed E-state index contributed by atoms with van der Waals surface area (Å²) in [6.07, 6.45) is 3.04. The lowest BCUT2D eigenvalue weighted by Crippen LogP contribution is -2.41. The molecule has 1 saturated heterocycles. The minimum absolute atomic E-state index is 0.558. The smallest absolute Gasteiger partial charge is 0.150 e. The fraction of sp³-hybridized carbons (Fsp3) is 0.667. The molecule has 0 radical (unpaired) electrons. The Morgan fingerprint density at radius 2 is 2.19 bits per heavy atom. The van der Waals surface area contributed by atoms with E-state index in [1.807, 2.05) is 20.0 Å². The Bertz CT molecular complexity index is 381. The van der Waals surface area contributed by atoms with Crippen LogP contribution >= 0.6 is 15.9 Å². The van der Waals surface area contributed by atoms with E-state index < -0.39 is 0 Å². The van der Waals surface area contributed by atoms with Gasteiger partial charge in [0.15, 0.2) is 0 Å². The summed E-state index contributed by atoms with van der Waals surface area (Å²) in [5.41, 5.74) is 2.02. The molecule has 1 aliphatic heterocycles. The lowest BCUT2D eigenvalue weighted by atomic mass is 9.99. The first-order valence-electron chi connectivity index (χ1n) is 5.77. The van der Waals surface area contributed by atoms with Gasteiger partial charge in [-0.1, -0.05) is 22.9 Å². The molecule has 0 bridgehead atoms. The second-order valence-corrected chi connectivity index (χ2v) is 5.82. The molecule has 1 aromatic heterocycles. The van der Waals surface area contributed by atoms with Crippen LogP contribution in [0.25, 0.3) is 0 Å². The molecule has 0 spiro atoms. The molecule has 1 aromatic rings. The zero-order valence-corrected chi connectivity index (χ0v) is 11.7. The van der Waals surface area contributed by atoms with Crippen molar-refractivity contribution in [3.05, 3.63) is 17.6 Å². The Morgan fingerprint density at radius 3 is 2.88 bits per heavy atom. The molecule has 0 aliphatic carbocycles. The molecule has 0 aromatic carbocycles. The van der Waals surface area contributed by atoms with Crippen LogP contribution in [-0.4, -0.2) is 27.9 Å². The van der Waals surface area contributed by atoms with Crippen molar-refractivity contribution in [1.82, 2.24) is 9.97 Å². The predicted molar refractivity (Wildman–Crippen MR) is 70.2 cm³/mol. The second-order valence-electron chi connectivity index (χ2n) is 4.65. The summed E-state index contributed by atoms with van der Waals surface area (Å²) < 4.78 is 0. The van der Waals surface area contributed by atoms with E-state index in [9.17, 15) is 0 Å². The molecule has 0 N–H and O–H groups in total. The van der Waals surface area contributed by atoms with E-state index in [0.29, 0.717) is 4.83 Å². The SMILES string of the molecule is Cc1cnc(C)c(N2CCC(C)C(Br)C2)n1. The van der Waals surface area contributed by atoms with E-state index in [1.54, 1.807) is 0 Å². The minimum atomic E-state index is 0.558. The van der Waals surface area contributed by atoms with Crippen LogP contribution in [0.1, 0.15) is 24.7 Å². The molecule has 1 aliphatic rings. The highest BCUT2D eigenvalue weighted by atomic mass is 79.9. The summed E-state index contributed by atoms with van der Waals surface area (Å²) in [5.74, 6) is 1.80. The Labute approximate surface area is 105 Å². The molecule has 88 valence electrons. The molecular formula is C12H18BrN3. The van der Waals surface area contributed by atoms with Crippen LogP contribution in [0.15, 0.2) is 6.20 Å². The molecule has 3 nitrogen and oxygen atoms in total. The summed E-state index contributed by atoms with van der Waals surface area (Å²) in [4.78, 5) is 11.9. The first-order chi connectivity index (χ1) is 7.58. The molecular weight excluding hydrogens is 266 g/mol. The van der Waals surface area contributed by atoms with E-state index in [0.717, 1.165) is 36.2 Å². The van der Waals surface area contributed by atoms with Crippen molar-refractivity contribution in [2.45, 2.75) is 32.0 Å². The first-order valence-corrected chi connectivity index (χ1v) is 6.68. The van der Waals surface area contributed by atoms with Gasteiger partial charge in [-0.2, -0.15) is 0 Å². The molecule has 2 heterocycles. The molecule has 2 atom stereocenters. The van der Waals surface area contributed by atoms with Crippen LogP contribution in [0.4, 0.5) is 5.82 Å². The zero-order chi connectivity index (χ0) is 11.7. The van der Waals surface area contributed by atoms with Gasteiger partial charge in [-0.25, -0.2) is 4.98 Å². The zero-order valence-electron chi connectivity index (χ0n) is 10.1. The van der Waals surface area contributed by atoms with E-state index in [4.69, 9.17) is 0 Å². The van der Waals surface area contributed by atoms with Gasteiger partial charge in [-0.15, -0.1) is 0 Å². The van der Waals surface area contributed by atoms with Gasteiger partial charge >= 0.3 is 0 Å². The third kappa shape index (κ3) is 2.37. The highest BCUT2D eigenvalue weighted by Crippen LogP contribution is 2.27. The molecule has 0 amide bonds. The van der Waals surface area contributed by atoms with Gasteiger partial charge in [0.2, 0.25) is 0 Å². The van der Waals surface area contributed by atoms with Crippen LogP contribution < -0.4 is 4.90 Å². The van der Waals surface area contributed by atoms with Gasteiger partial charge in [-0.05, 0) is 26.2 Å². The number of hydrogen-bond donors (Lipinski definition) is 0. The fourth-order valence-electron chi connectivity index (χ4n) is 2.04. The number of rotatable bonds is 1. The van der Waals surface area contributed by atoms with E-state index in [2.05, 4.69) is 37.7 Å². The number of aromatic nitrogens is 2. The number of hydrogen-bond acceptors (Lipinski definition) is 3. The van der Waals surface area contributed by atoms with Crippen molar-refractivity contribution in [1.29, 1.82) is 0 Å². The Morgan fingerprint density at radius 1 is 1.44 bits per heavy atom. The summed E-state index contributed by atoms with van der Waals surface area (Å²) in [7, 11) is 0.